The largest absolute Gasteiger partial charge is 0.481 e. The van der Waals surface area contributed by atoms with Crippen LogP contribution in [-0.2, 0) is 0 Å². The molecule has 1 fully saturated rings. The lowest BCUT2D eigenvalue weighted by atomic mass is 11.0. The maximum atomic E-state index is 5.08. The van der Waals surface area contributed by atoms with Gasteiger partial charge in [-0.25, -0.2) is 0 Å². The molecule has 1 aliphatic rings. The molecule has 0 aromatic rings. The van der Waals surface area contributed by atoms with E-state index in [4.69, 9.17) is 6.42 Å². The Morgan fingerprint density at radius 2 is 2.14 bits per heavy atom. The van der Waals surface area contributed by atoms with Crippen molar-refractivity contribution in [1.82, 2.24) is 0 Å². The Bertz CT molecular complexity index is 80.6. The molecular formula is C5H7ClMg. The molecule has 0 saturated heterocycles. The first-order chi connectivity index (χ1) is 2.93. The molecule has 7 heavy (non-hydrogen) atoms. The van der Waals surface area contributed by atoms with Crippen LogP contribution in [0.25, 0.3) is 0 Å². The molecule has 1 rings (SSSR count). The molecule has 0 unspecified atom stereocenters. The third-order valence-corrected chi connectivity index (χ3v) is 2.73. The summed E-state index contributed by atoms with van der Waals surface area (Å²) in [7, 11) is 0. The molecule has 1 aliphatic carbocycles. The van der Waals surface area contributed by atoms with Crippen LogP contribution in [-0.4, -0.2) is 20.4 Å². The SMILES string of the molecule is C#[C][Mg][CH]1CC1.Cl. The highest BCUT2D eigenvalue weighted by molar-refractivity contribution is 6.48. The first-order valence-electron chi connectivity index (χ1n) is 2.37. The van der Waals surface area contributed by atoms with Gasteiger partial charge in [0.15, 0.2) is 0 Å². The van der Waals surface area contributed by atoms with Crippen molar-refractivity contribution in [2.45, 2.75) is 16.9 Å². The Morgan fingerprint density at radius 1 is 1.57 bits per heavy atom. The monoisotopic (exact) mass is 126 g/mol. The quantitative estimate of drug-likeness (QED) is 0.367. The second-order valence-electron chi connectivity index (χ2n) is 1.85. The molecule has 0 amide bonds. The fourth-order valence-corrected chi connectivity index (χ4v) is 1.47. The number of halogens is 1. The minimum Gasteiger partial charge on any atom is -0.280 e. The van der Waals surface area contributed by atoms with Crippen molar-refractivity contribution in [2.75, 3.05) is 0 Å². The summed E-state index contributed by atoms with van der Waals surface area (Å²) in [6.45, 7) is 0. The highest BCUT2D eigenvalue weighted by Gasteiger charge is 2.21. The topological polar surface area (TPSA) is 0 Å². The van der Waals surface area contributed by atoms with Gasteiger partial charge in [0.1, 0.15) is 0 Å². The fraction of sp³-hybridized carbons (Fsp3) is 0.600. The predicted octanol–water partition coefficient (Wildman–Crippen LogP) is 1.29. The lowest BCUT2D eigenvalue weighted by Crippen LogP contribution is -1.77. The summed E-state index contributed by atoms with van der Waals surface area (Å²) in [6.07, 6.45) is 7.96. The van der Waals surface area contributed by atoms with Gasteiger partial charge in [0, 0.05) is 0 Å². The van der Waals surface area contributed by atoms with Gasteiger partial charge in [0.25, 0.3) is 0 Å². The Kier molecular flexibility index (Phi) is 3.91. The summed E-state index contributed by atoms with van der Waals surface area (Å²) in [5.74, 6) is 0. The molecule has 2 heteroatoms. The van der Waals surface area contributed by atoms with Crippen molar-refractivity contribution in [1.29, 1.82) is 0 Å². The molecule has 0 aliphatic heterocycles. The molecular weight excluding hydrogens is 120 g/mol. The first-order valence-corrected chi connectivity index (χ1v) is 3.89. The highest BCUT2D eigenvalue weighted by atomic mass is 35.5. The molecule has 0 heterocycles. The van der Waals surface area contributed by atoms with Crippen LogP contribution in [0.4, 0.5) is 0 Å². The summed E-state index contributed by atoms with van der Waals surface area (Å²) in [5, 5.41) is 0. The van der Waals surface area contributed by atoms with E-state index in [1.807, 2.05) is 0 Å². The van der Waals surface area contributed by atoms with Crippen molar-refractivity contribution >= 4 is 32.8 Å². The maximum Gasteiger partial charge on any atom is 0.481 e. The number of hydrogen-bond acceptors (Lipinski definition) is 0. The zero-order chi connectivity index (χ0) is 4.41. The molecule has 0 nitrogen and oxygen atoms in total. The normalized spacial score (nSPS) is 15.9. The van der Waals surface area contributed by atoms with Crippen molar-refractivity contribution < 1.29 is 0 Å². The summed E-state index contributed by atoms with van der Waals surface area (Å²) < 4.78 is 3.82. The lowest BCUT2D eigenvalue weighted by molar-refractivity contribution is 1.46. The van der Waals surface area contributed by atoms with Crippen molar-refractivity contribution in [3.8, 4) is 10.5 Å². The van der Waals surface area contributed by atoms with Crippen LogP contribution >= 0.6 is 12.4 Å². The minimum atomic E-state index is -0.00463. The van der Waals surface area contributed by atoms with Gasteiger partial charge in [-0.3, -0.25) is 4.05 Å². The first kappa shape index (κ1) is 7.62. The molecule has 0 aromatic carbocycles. The molecule has 0 aromatic heterocycles. The lowest BCUT2D eigenvalue weighted by Gasteiger charge is -1.66. The van der Waals surface area contributed by atoms with Crippen LogP contribution in [0.15, 0.2) is 0 Å². The van der Waals surface area contributed by atoms with Gasteiger partial charge >= 0.3 is 20.4 Å². The van der Waals surface area contributed by atoms with E-state index in [-0.39, 0.29) is 32.8 Å². The van der Waals surface area contributed by atoms with E-state index in [1.54, 1.807) is 0 Å². The van der Waals surface area contributed by atoms with Crippen molar-refractivity contribution in [2.24, 2.45) is 0 Å². The van der Waals surface area contributed by atoms with Gasteiger partial charge in [0.2, 0.25) is 0 Å². The zero-order valence-electron chi connectivity index (χ0n) is 4.18. The van der Waals surface area contributed by atoms with E-state index in [0.29, 0.717) is 0 Å². The Hall–Kier alpha value is 0.616. The highest BCUT2D eigenvalue weighted by Crippen LogP contribution is 2.34. The van der Waals surface area contributed by atoms with Crippen LogP contribution in [0.3, 0.4) is 0 Å². The fourth-order valence-electron chi connectivity index (χ4n) is 0.489. The number of rotatable bonds is 1. The van der Waals surface area contributed by atoms with Gasteiger partial charge in [0.05, 0.1) is 0 Å². The third kappa shape index (κ3) is 3.22. The van der Waals surface area contributed by atoms with E-state index in [9.17, 15) is 0 Å². The number of hydrogen-bond donors (Lipinski definition) is 0. The van der Waals surface area contributed by atoms with Gasteiger partial charge in [-0.1, -0.05) is 12.8 Å². The van der Waals surface area contributed by atoms with Crippen LogP contribution < -0.4 is 0 Å². The standard InChI is InChI=1S/C3H5.C2H.ClH.Mg/c1-2-3-1;1-2;;/h1H,2-3H2;1H;1H;. The summed E-state index contributed by atoms with van der Waals surface area (Å²) >= 11 is -0.00463. The van der Waals surface area contributed by atoms with E-state index in [2.05, 4.69) is 4.05 Å². The Balaban J connectivity index is 0.000000360. The smallest absolute Gasteiger partial charge is 0.280 e. The van der Waals surface area contributed by atoms with Crippen LogP contribution in [0.1, 0.15) is 12.8 Å². The van der Waals surface area contributed by atoms with Gasteiger partial charge < -0.3 is 0 Å². The van der Waals surface area contributed by atoms with Crippen LogP contribution in [0, 0.1) is 10.5 Å². The van der Waals surface area contributed by atoms with E-state index >= 15 is 0 Å². The summed E-state index contributed by atoms with van der Waals surface area (Å²) in [5.41, 5.74) is 0. The zero-order valence-corrected chi connectivity index (χ0v) is 6.41. The predicted molar refractivity (Wildman–Crippen MR) is 34.8 cm³/mol. The average molecular weight is 127 g/mol. The van der Waals surface area contributed by atoms with Gasteiger partial charge in [-0.05, 0) is 0 Å². The number of terminal acetylenes is 1. The molecule has 0 spiro atoms. The average Bonchev–Trinajstić information content (AvgIpc) is 2.21. The molecule has 0 bridgehead atoms. The van der Waals surface area contributed by atoms with E-state index in [1.165, 1.54) is 12.8 Å². The van der Waals surface area contributed by atoms with Crippen LogP contribution in [0.2, 0.25) is 4.05 Å². The Morgan fingerprint density at radius 3 is 2.29 bits per heavy atom. The third-order valence-electron chi connectivity index (χ3n) is 1.10. The minimum absolute atomic E-state index is 0. The van der Waals surface area contributed by atoms with Gasteiger partial charge in [-0.2, -0.15) is 6.42 Å². The maximum absolute atomic E-state index is 5.08. The molecule has 0 atom stereocenters. The van der Waals surface area contributed by atoms with E-state index < -0.39 is 0 Å². The van der Waals surface area contributed by atoms with Crippen molar-refractivity contribution in [3.05, 3.63) is 0 Å². The van der Waals surface area contributed by atoms with Crippen molar-refractivity contribution in [3.63, 3.8) is 0 Å². The van der Waals surface area contributed by atoms with E-state index in [0.717, 1.165) is 4.05 Å². The Labute approximate surface area is 60.2 Å². The molecule has 36 valence electrons. The van der Waals surface area contributed by atoms with Gasteiger partial charge in [-0.15, -0.1) is 16.5 Å². The summed E-state index contributed by atoms with van der Waals surface area (Å²) in [4.78, 5) is 0. The molecule has 1 saturated carbocycles. The summed E-state index contributed by atoms with van der Waals surface area (Å²) in [6, 6.07) is 0. The van der Waals surface area contributed by atoms with Crippen LogP contribution in [0.5, 0.6) is 0 Å². The second-order valence-corrected chi connectivity index (χ2v) is 3.82. The second kappa shape index (κ2) is 3.60. The molecule has 0 radical (unpaired) electrons. The molecule has 0 N–H and O–H groups in total.